The fraction of sp³-hybridized carbons (Fsp3) is 0.209. The van der Waals surface area contributed by atoms with Crippen molar-refractivity contribution in [1.82, 2.24) is 0 Å². The van der Waals surface area contributed by atoms with Gasteiger partial charge in [-0.3, -0.25) is 0 Å². The van der Waals surface area contributed by atoms with Crippen molar-refractivity contribution >= 4 is 189 Å². The second-order valence-electron chi connectivity index (χ2n) is 42.5. The number of rotatable bonds is 10. The van der Waals surface area contributed by atoms with Crippen LogP contribution in [0.3, 0.4) is 0 Å². The maximum atomic E-state index is 14.4. The smallest absolute Gasteiger partial charge is 0.123 e. The maximum absolute atomic E-state index is 14.4. The van der Waals surface area contributed by atoms with Gasteiger partial charge in [-0.05, 0) is 247 Å². The van der Waals surface area contributed by atoms with Crippen molar-refractivity contribution in [3.8, 4) is 0 Å². The average Bonchev–Trinajstić information content (AvgIpc) is 1.58. The van der Waals surface area contributed by atoms with E-state index < -0.39 is 0 Å². The number of fused-ring (bicyclic) bond motifs is 6. The molecule has 0 bridgehead atoms. The zero-order valence-electron chi connectivity index (χ0n) is 86.0. The molecule has 0 radical (unpaired) electrons. The van der Waals surface area contributed by atoms with Gasteiger partial charge in [0, 0.05) is 95.9 Å². The van der Waals surface area contributed by atoms with E-state index in [-0.39, 0.29) is 33.3 Å². The molecule has 0 saturated heterocycles. The zero-order valence-corrected chi connectivity index (χ0v) is 90.9. The average molecular weight is 1990 g/mol. The third-order valence-electron chi connectivity index (χ3n) is 28.2. The number of thioether (sulfide) groups is 6. The SMILES string of the molecule is CC1=C(C)N(c2cc(C(C)(C)C)cc3cc(C(C)(C)C)ccc23)/C(=C2\SC(C)=C(C)N2c2cc(C(C)(C)C)cc3cc(C(C)(C)C)ccc23)S1.CC1=C(c2ccccc2)S/C(=C2/SC(c3cccc(C)c3)=C(C)N2c2cccc3cc(F)ccc23)N1c1cccc2cc(F)ccc12.CC1=C(c2ccccc2)S/C(=C2/SC(c3ccccc3)=C(C)N2c2cccc3cc(C)ccc23)N1c1cccc2cc(C)ccc12. The number of anilines is 6. The molecule has 22 rings (SSSR count). The summed E-state index contributed by atoms with van der Waals surface area (Å²) in [7, 11) is 0. The maximum Gasteiger partial charge on any atom is 0.123 e. The molecule has 0 unspecified atom stereocenters. The van der Waals surface area contributed by atoms with Gasteiger partial charge in [0.25, 0.3) is 0 Å². The molecule has 6 heterocycles. The normalized spacial score (nSPS) is 17.3. The molecule has 16 aromatic rings. The number of benzene rings is 16. The van der Waals surface area contributed by atoms with Crippen LogP contribution in [0, 0.1) is 32.4 Å². The first kappa shape index (κ1) is 97.9. The number of allylic oxidation sites excluding steroid dienone is 8. The second-order valence-corrected chi connectivity index (χ2v) is 48.9. The van der Waals surface area contributed by atoms with Gasteiger partial charge in [0.05, 0.1) is 34.1 Å². The number of hydrogen-bond acceptors (Lipinski definition) is 12. The first-order chi connectivity index (χ1) is 68.3. The van der Waals surface area contributed by atoms with Crippen molar-refractivity contribution in [2.75, 3.05) is 29.4 Å². The van der Waals surface area contributed by atoms with Crippen molar-refractivity contribution < 1.29 is 8.78 Å². The molecule has 718 valence electrons. The predicted molar refractivity (Wildman–Crippen MR) is 627 cm³/mol. The second kappa shape index (κ2) is 38.6. The van der Waals surface area contributed by atoms with Gasteiger partial charge in [-0.2, -0.15) is 0 Å². The molecule has 0 saturated carbocycles. The molecular formula is C129H122F2N6S6. The highest BCUT2D eigenvalue weighted by atomic mass is 32.2. The van der Waals surface area contributed by atoms with Crippen molar-refractivity contribution in [1.29, 1.82) is 0 Å². The fourth-order valence-electron chi connectivity index (χ4n) is 20.1. The molecule has 6 aliphatic rings. The minimum absolute atomic E-state index is 0.00854. The van der Waals surface area contributed by atoms with E-state index in [1.54, 1.807) is 35.7 Å². The predicted octanol–water partition coefficient (Wildman–Crippen LogP) is 39.2. The topological polar surface area (TPSA) is 19.4 Å². The van der Waals surface area contributed by atoms with E-state index in [4.69, 9.17) is 0 Å². The monoisotopic (exact) mass is 1980 g/mol. The van der Waals surface area contributed by atoms with Crippen LogP contribution in [0.1, 0.15) is 200 Å². The van der Waals surface area contributed by atoms with Crippen LogP contribution in [0.25, 0.3) is 84.3 Å². The number of halogens is 2. The standard InChI is InChI=1S/C46H58N2S2.C42H34N2S2.C41H30F2N2S2/c1-27-29(3)49-41(47(27)39-25-35(45(11,12)13)23-31-21-33(43(5,6)7)17-19-37(31)39)42-48(28(2)30(4)50-42)40-26-36(46(14,15)16)24-32-22-34(44(8,9)10)18-20-38(32)40;1-27-21-23-35-33(25-27)17-11-19-37(35)43-29(3)39(31-13-7-5-8-14-31)45-41(43)42-44(30(4)40(46-42)32-15-9-6-10-16-32)38-20-12-18-34-26-28(2)22-24-36(34)38;1-25-10-7-15-31(22-25)39-27(3)45(37-17-9-14-30-24-33(43)19-21-35(30)37)41(47-39)40-44(26(2)38(46-40)28-11-5-4-6-12-28)36-16-8-13-29-23-32(42)18-20-34(29)36/h17-26H,1-16H3;5-26H,1-4H3;4-24H,1-3H3/b2*42-41+;41-40+. The van der Waals surface area contributed by atoms with Gasteiger partial charge >= 0.3 is 0 Å². The molecular weight excluding hydrogens is 1860 g/mol. The highest BCUT2D eigenvalue weighted by Crippen LogP contribution is 2.63. The lowest BCUT2D eigenvalue weighted by Gasteiger charge is -2.32. The highest BCUT2D eigenvalue weighted by molar-refractivity contribution is 8.16. The summed E-state index contributed by atoms with van der Waals surface area (Å²) in [5.74, 6) is -0.511. The molecule has 14 heteroatoms. The van der Waals surface area contributed by atoms with Crippen molar-refractivity contribution in [2.24, 2.45) is 0 Å². The third kappa shape index (κ3) is 18.7. The first-order valence-corrected chi connectivity index (χ1v) is 54.3. The fourth-order valence-corrected chi connectivity index (χ4v) is 27.7. The Kier molecular flexibility index (Phi) is 26.4. The summed E-state index contributed by atoms with van der Waals surface area (Å²) in [6.45, 7) is 52.4. The van der Waals surface area contributed by atoms with Crippen LogP contribution in [0.5, 0.6) is 0 Å². The van der Waals surface area contributed by atoms with Crippen LogP contribution in [0.15, 0.2) is 396 Å². The molecule has 143 heavy (non-hydrogen) atoms. The summed E-state index contributed by atoms with van der Waals surface area (Å²) in [5.41, 5.74) is 28.4. The highest BCUT2D eigenvalue weighted by Gasteiger charge is 2.43. The van der Waals surface area contributed by atoms with Crippen LogP contribution < -0.4 is 29.4 Å². The Morgan fingerprint density at radius 1 is 0.189 bits per heavy atom. The summed E-state index contributed by atoms with van der Waals surface area (Å²) in [6, 6.07) is 114. The Morgan fingerprint density at radius 3 is 0.755 bits per heavy atom. The lowest BCUT2D eigenvalue weighted by Crippen LogP contribution is -2.24. The van der Waals surface area contributed by atoms with E-state index in [2.05, 4.69) is 443 Å². The number of nitrogens with zero attached hydrogens (tertiary/aromatic N) is 6. The number of aryl methyl sites for hydroxylation is 3. The Balaban J connectivity index is 0.000000131. The van der Waals surface area contributed by atoms with Gasteiger partial charge in [0.15, 0.2) is 0 Å². The first-order valence-electron chi connectivity index (χ1n) is 49.4. The summed E-state index contributed by atoms with van der Waals surface area (Å²) in [6.07, 6.45) is 0. The van der Waals surface area contributed by atoms with Gasteiger partial charge in [-0.15, -0.1) is 0 Å². The third-order valence-corrected chi connectivity index (χ3v) is 36.2. The molecule has 0 atom stereocenters. The van der Waals surface area contributed by atoms with E-state index >= 15 is 0 Å². The van der Waals surface area contributed by atoms with E-state index in [0.717, 1.165) is 70.4 Å². The van der Waals surface area contributed by atoms with Gasteiger partial charge in [-0.25, -0.2) is 8.78 Å². The Hall–Kier alpha value is -12.5. The van der Waals surface area contributed by atoms with E-state index in [9.17, 15) is 8.78 Å². The van der Waals surface area contributed by atoms with Crippen LogP contribution >= 0.6 is 70.6 Å². The van der Waals surface area contributed by atoms with Gasteiger partial charge in [-0.1, -0.05) is 419 Å². The van der Waals surface area contributed by atoms with Crippen molar-refractivity contribution in [3.63, 3.8) is 0 Å². The Bertz CT molecular complexity index is 7910. The minimum Gasteiger partial charge on any atom is -0.305 e. The quantitative estimate of drug-likeness (QED) is 0.130. The molecule has 0 N–H and O–H groups in total. The van der Waals surface area contributed by atoms with Crippen molar-refractivity contribution in [2.45, 2.75) is 181 Å². The summed E-state index contributed by atoms with van der Waals surface area (Å²) < 4.78 is 28.8. The van der Waals surface area contributed by atoms with Crippen LogP contribution in [0.2, 0.25) is 0 Å². The van der Waals surface area contributed by atoms with Crippen molar-refractivity contribution in [3.05, 3.63) is 469 Å². The molecule has 16 aromatic carbocycles. The summed E-state index contributed by atoms with van der Waals surface area (Å²) >= 11 is 11.1. The Morgan fingerprint density at radius 2 is 0.441 bits per heavy atom. The molecule has 0 amide bonds. The Labute approximate surface area is 869 Å². The minimum atomic E-state index is -0.256. The number of hydrogen-bond donors (Lipinski definition) is 0. The van der Waals surface area contributed by atoms with Gasteiger partial charge in [0.1, 0.15) is 41.8 Å². The molecule has 0 spiro atoms. The van der Waals surface area contributed by atoms with E-state index in [1.807, 2.05) is 89.5 Å². The molecule has 0 fully saturated rings. The zero-order chi connectivity index (χ0) is 100. The molecule has 6 nitrogen and oxygen atoms in total. The van der Waals surface area contributed by atoms with Gasteiger partial charge in [0.2, 0.25) is 0 Å². The molecule has 0 aromatic heterocycles. The lowest BCUT2D eigenvalue weighted by atomic mass is 9.82. The lowest BCUT2D eigenvalue weighted by molar-refractivity contribution is 0.589. The van der Waals surface area contributed by atoms with Crippen LogP contribution in [-0.4, -0.2) is 0 Å². The largest absolute Gasteiger partial charge is 0.305 e. The van der Waals surface area contributed by atoms with Gasteiger partial charge < -0.3 is 29.4 Å². The summed E-state index contributed by atoms with van der Waals surface area (Å²) in [5, 5.41) is 21.0. The summed E-state index contributed by atoms with van der Waals surface area (Å²) in [4.78, 5) is 22.4. The van der Waals surface area contributed by atoms with E-state index in [0.29, 0.717) is 0 Å². The van der Waals surface area contributed by atoms with Crippen LogP contribution in [-0.2, 0) is 21.7 Å². The molecule has 6 aliphatic heterocycles. The van der Waals surface area contributed by atoms with Crippen LogP contribution in [0.4, 0.5) is 42.9 Å². The molecule has 0 aliphatic carbocycles. The van der Waals surface area contributed by atoms with E-state index in [1.165, 1.54) is 195 Å².